The Morgan fingerprint density at radius 3 is 2.39 bits per heavy atom. The Kier molecular flexibility index (Phi) is 6.76. The molecule has 0 amide bonds. The van der Waals surface area contributed by atoms with Crippen molar-refractivity contribution in [3.05, 3.63) is 39.3 Å². The Bertz CT molecular complexity index is 1220. The molecule has 1 atom stereocenters. The number of hydrogen-bond donors (Lipinski definition) is 0. The zero-order chi connectivity index (χ0) is 24.5. The highest BCUT2D eigenvalue weighted by Gasteiger charge is 2.35. The molecule has 1 aliphatic rings. The van der Waals surface area contributed by atoms with Crippen LogP contribution in [0.5, 0.6) is 11.5 Å². The van der Waals surface area contributed by atoms with Crippen LogP contribution in [0.4, 0.5) is 0 Å². The van der Waals surface area contributed by atoms with Crippen LogP contribution in [-0.4, -0.2) is 23.3 Å². The number of hydrogen-bond acceptors (Lipinski definition) is 8. The first kappa shape index (κ1) is 24.2. The van der Waals surface area contributed by atoms with E-state index < -0.39 is 29.3 Å². The summed E-state index contributed by atoms with van der Waals surface area (Å²) in [5.41, 5.74) is -0.561. The van der Waals surface area contributed by atoms with Crippen LogP contribution >= 0.6 is 0 Å². The third kappa shape index (κ3) is 4.84. The van der Waals surface area contributed by atoms with E-state index in [1.807, 2.05) is 20.8 Å². The standard InChI is InChI=1S/C25H28O8/c1-7-9-17(28)21-23-15(10-11-25(5,6)33-23)22-20(24(21)31-14(4)27)16(12-19(29)32-22)18(8-2)30-13(3)26/h10-12,18H,7-9H2,1-6H3. The van der Waals surface area contributed by atoms with E-state index in [0.717, 1.165) is 0 Å². The first-order valence-electron chi connectivity index (χ1n) is 10.9. The van der Waals surface area contributed by atoms with Gasteiger partial charge in [-0.05, 0) is 38.8 Å². The number of carbonyl (C=O) groups excluding carboxylic acids is 3. The van der Waals surface area contributed by atoms with Gasteiger partial charge in [0.15, 0.2) is 17.1 Å². The second-order valence-electron chi connectivity index (χ2n) is 8.48. The average molecular weight is 456 g/mol. The maximum Gasteiger partial charge on any atom is 0.336 e. The first-order valence-corrected chi connectivity index (χ1v) is 10.9. The lowest BCUT2D eigenvalue weighted by Crippen LogP contribution is -2.29. The molecule has 0 aliphatic carbocycles. The van der Waals surface area contributed by atoms with E-state index in [-0.39, 0.29) is 40.2 Å². The second kappa shape index (κ2) is 9.21. The van der Waals surface area contributed by atoms with Crippen molar-refractivity contribution in [2.45, 2.75) is 72.5 Å². The molecule has 8 heteroatoms. The van der Waals surface area contributed by atoms with E-state index in [2.05, 4.69) is 0 Å². The molecule has 3 rings (SSSR count). The SMILES string of the molecule is CCCC(=O)c1c2c(c3oc(=O)cc(C(CC)OC(C)=O)c3c1OC(C)=O)C=CC(C)(C)O2. The van der Waals surface area contributed by atoms with Gasteiger partial charge in [0, 0.05) is 31.9 Å². The van der Waals surface area contributed by atoms with Crippen molar-refractivity contribution < 1.29 is 33.0 Å². The molecule has 2 heterocycles. The normalized spacial score (nSPS) is 14.8. The molecular formula is C25H28O8. The predicted molar refractivity (Wildman–Crippen MR) is 122 cm³/mol. The van der Waals surface area contributed by atoms with Gasteiger partial charge in [-0.25, -0.2) is 4.79 Å². The van der Waals surface area contributed by atoms with Crippen molar-refractivity contribution in [3.63, 3.8) is 0 Å². The fraction of sp³-hybridized carbons (Fsp3) is 0.440. The minimum Gasteiger partial charge on any atom is -0.482 e. The maximum atomic E-state index is 13.3. The third-order valence-corrected chi connectivity index (χ3v) is 5.21. The van der Waals surface area contributed by atoms with Gasteiger partial charge in [-0.2, -0.15) is 0 Å². The van der Waals surface area contributed by atoms with Crippen molar-refractivity contribution in [1.29, 1.82) is 0 Å². The monoisotopic (exact) mass is 456 g/mol. The number of benzene rings is 1. The van der Waals surface area contributed by atoms with Gasteiger partial charge in [0.1, 0.15) is 23.0 Å². The van der Waals surface area contributed by atoms with Gasteiger partial charge in [0.05, 0.1) is 10.9 Å². The molecule has 0 radical (unpaired) electrons. The highest BCUT2D eigenvalue weighted by Crippen LogP contribution is 2.48. The summed E-state index contributed by atoms with van der Waals surface area (Å²) in [7, 11) is 0. The van der Waals surface area contributed by atoms with Crippen LogP contribution in [0.15, 0.2) is 21.4 Å². The van der Waals surface area contributed by atoms with E-state index in [9.17, 15) is 19.2 Å². The molecule has 1 aromatic heterocycles. The summed E-state index contributed by atoms with van der Waals surface area (Å²) >= 11 is 0. The lowest BCUT2D eigenvalue weighted by atomic mass is 9.91. The number of ether oxygens (including phenoxy) is 3. The van der Waals surface area contributed by atoms with Crippen molar-refractivity contribution in [2.24, 2.45) is 0 Å². The van der Waals surface area contributed by atoms with Crippen molar-refractivity contribution in [3.8, 4) is 11.5 Å². The van der Waals surface area contributed by atoms with Crippen LogP contribution in [0.25, 0.3) is 17.0 Å². The first-order chi connectivity index (χ1) is 15.5. The summed E-state index contributed by atoms with van der Waals surface area (Å²) in [6.07, 6.45) is 3.78. The minimum atomic E-state index is -0.819. The Morgan fingerprint density at radius 1 is 1.12 bits per heavy atom. The Morgan fingerprint density at radius 2 is 1.82 bits per heavy atom. The van der Waals surface area contributed by atoms with Crippen LogP contribution in [-0.2, 0) is 14.3 Å². The average Bonchev–Trinajstić information content (AvgIpc) is 2.70. The van der Waals surface area contributed by atoms with E-state index in [1.54, 1.807) is 19.1 Å². The van der Waals surface area contributed by atoms with Gasteiger partial charge in [0.2, 0.25) is 0 Å². The Balaban J connectivity index is 2.55. The predicted octanol–water partition coefficient (Wildman–Crippen LogP) is 4.90. The van der Waals surface area contributed by atoms with Gasteiger partial charge in [-0.3, -0.25) is 14.4 Å². The molecule has 0 fully saturated rings. The fourth-order valence-electron chi connectivity index (χ4n) is 3.91. The summed E-state index contributed by atoms with van der Waals surface area (Å²) in [4.78, 5) is 49.7. The smallest absolute Gasteiger partial charge is 0.336 e. The molecule has 0 spiro atoms. The zero-order valence-electron chi connectivity index (χ0n) is 19.7. The third-order valence-electron chi connectivity index (χ3n) is 5.21. The van der Waals surface area contributed by atoms with Gasteiger partial charge in [0.25, 0.3) is 0 Å². The van der Waals surface area contributed by atoms with Gasteiger partial charge < -0.3 is 18.6 Å². The summed E-state index contributed by atoms with van der Waals surface area (Å²) in [5.74, 6) is -1.36. The van der Waals surface area contributed by atoms with Crippen molar-refractivity contribution in [2.75, 3.05) is 0 Å². The fourth-order valence-corrected chi connectivity index (χ4v) is 3.91. The number of rotatable bonds is 7. The van der Waals surface area contributed by atoms with E-state index in [4.69, 9.17) is 18.6 Å². The molecule has 1 aliphatic heterocycles. The lowest BCUT2D eigenvalue weighted by molar-refractivity contribution is -0.146. The molecule has 0 saturated carbocycles. The van der Waals surface area contributed by atoms with Crippen molar-refractivity contribution >= 4 is 34.8 Å². The molecule has 1 unspecified atom stereocenters. The second-order valence-corrected chi connectivity index (χ2v) is 8.48. The summed E-state index contributed by atoms with van der Waals surface area (Å²) in [6, 6.07) is 1.20. The largest absolute Gasteiger partial charge is 0.482 e. The topological polar surface area (TPSA) is 109 Å². The Hall–Kier alpha value is -3.42. The molecule has 0 N–H and O–H groups in total. The molecule has 2 aromatic rings. The van der Waals surface area contributed by atoms with E-state index >= 15 is 0 Å². The lowest BCUT2D eigenvalue weighted by Gasteiger charge is -2.31. The highest BCUT2D eigenvalue weighted by molar-refractivity contribution is 6.11. The summed E-state index contributed by atoms with van der Waals surface area (Å²) in [6.45, 7) is 9.76. The van der Waals surface area contributed by atoms with Crippen LogP contribution in [0.3, 0.4) is 0 Å². The number of Topliss-reactive ketones (excluding diaryl/α,β-unsaturated/α-hetero) is 1. The van der Waals surface area contributed by atoms with Gasteiger partial charge >= 0.3 is 17.6 Å². The Labute approximate surface area is 191 Å². The number of esters is 2. The molecule has 176 valence electrons. The molecule has 0 bridgehead atoms. The minimum absolute atomic E-state index is 0.0647. The van der Waals surface area contributed by atoms with Crippen LogP contribution < -0.4 is 15.1 Å². The number of carbonyl (C=O) groups is 3. The van der Waals surface area contributed by atoms with Crippen LogP contribution in [0, 0.1) is 0 Å². The quantitative estimate of drug-likeness (QED) is 0.250. The number of ketones is 1. The molecular weight excluding hydrogens is 428 g/mol. The van der Waals surface area contributed by atoms with Crippen LogP contribution in [0.2, 0.25) is 0 Å². The van der Waals surface area contributed by atoms with E-state index in [0.29, 0.717) is 24.0 Å². The molecule has 0 saturated heterocycles. The molecule has 33 heavy (non-hydrogen) atoms. The van der Waals surface area contributed by atoms with E-state index in [1.165, 1.54) is 19.9 Å². The summed E-state index contributed by atoms with van der Waals surface area (Å²) < 4.78 is 22.7. The molecule has 8 nitrogen and oxygen atoms in total. The van der Waals surface area contributed by atoms with Crippen molar-refractivity contribution in [1.82, 2.24) is 0 Å². The molecule has 1 aromatic carbocycles. The summed E-state index contributed by atoms with van der Waals surface area (Å²) in [5, 5.41) is 0.226. The van der Waals surface area contributed by atoms with Gasteiger partial charge in [-0.15, -0.1) is 0 Å². The van der Waals surface area contributed by atoms with Crippen LogP contribution in [0.1, 0.15) is 88.4 Å². The van der Waals surface area contributed by atoms with Gasteiger partial charge in [-0.1, -0.05) is 13.8 Å². The zero-order valence-corrected chi connectivity index (χ0v) is 19.7. The number of fused-ring (bicyclic) bond motifs is 3. The highest BCUT2D eigenvalue weighted by atomic mass is 16.5. The maximum absolute atomic E-state index is 13.3.